The van der Waals surface area contributed by atoms with E-state index in [1.54, 1.807) is 48.0 Å². The van der Waals surface area contributed by atoms with Crippen LogP contribution in [0.4, 0.5) is 27.2 Å². The number of hydrogen-bond acceptors (Lipinski definition) is 10. The normalized spacial score (nSPS) is 14.7. The summed E-state index contributed by atoms with van der Waals surface area (Å²) in [5.41, 5.74) is 8.47. The van der Waals surface area contributed by atoms with E-state index in [1.165, 1.54) is 66.1 Å². The van der Waals surface area contributed by atoms with Gasteiger partial charge < -0.3 is 25.0 Å². The Morgan fingerprint density at radius 3 is 1.90 bits per heavy atom. The van der Waals surface area contributed by atoms with Crippen LogP contribution in [0.3, 0.4) is 0 Å². The highest BCUT2D eigenvalue weighted by molar-refractivity contribution is 9.09. The van der Waals surface area contributed by atoms with E-state index in [0.29, 0.717) is 66.8 Å². The number of nitrogens with zero attached hydrogens (tertiary/aromatic N) is 5. The Morgan fingerprint density at radius 1 is 0.806 bits per heavy atom. The minimum Gasteiger partial charge on any atom is -0.450 e. The van der Waals surface area contributed by atoms with Crippen LogP contribution in [-0.2, 0) is 9.47 Å². The van der Waals surface area contributed by atoms with Crippen LogP contribution in [0.15, 0.2) is 85.3 Å². The molecule has 5 heterocycles. The molecule has 5 aromatic rings. The van der Waals surface area contributed by atoms with Crippen molar-refractivity contribution in [3.8, 4) is 21.7 Å². The van der Waals surface area contributed by atoms with Crippen molar-refractivity contribution in [3.05, 3.63) is 125 Å². The van der Waals surface area contributed by atoms with Crippen molar-refractivity contribution in [2.75, 3.05) is 39.4 Å². The lowest BCUT2D eigenvalue weighted by atomic mass is 9.97. The van der Waals surface area contributed by atoms with Crippen LogP contribution < -0.4 is 5.73 Å². The van der Waals surface area contributed by atoms with E-state index in [2.05, 4.69) is 25.9 Å². The summed E-state index contributed by atoms with van der Waals surface area (Å²) in [5.74, 6) is -1.59. The summed E-state index contributed by atoms with van der Waals surface area (Å²) in [5, 5.41) is 0.928. The second kappa shape index (κ2) is 23.2. The van der Waals surface area contributed by atoms with Gasteiger partial charge in [-0.3, -0.25) is 9.78 Å². The largest absolute Gasteiger partial charge is 0.450 e. The molecule has 0 spiro atoms. The quantitative estimate of drug-likeness (QED) is 0.0499. The van der Waals surface area contributed by atoms with E-state index in [0.717, 1.165) is 47.3 Å². The lowest BCUT2D eigenvalue weighted by Gasteiger charge is -2.30. The number of piperidine rings is 2. The predicted octanol–water partition coefficient (Wildman–Crippen LogP) is 10.3. The molecule has 0 aliphatic carbocycles. The van der Waals surface area contributed by atoms with Crippen molar-refractivity contribution in [1.82, 2.24) is 24.8 Å². The maximum absolute atomic E-state index is 13.8. The Bertz CT molecular complexity index is 2290. The number of thiazole rings is 1. The fourth-order valence-electron chi connectivity index (χ4n) is 6.62. The molecular weight excluding hydrogens is 913 g/mol. The number of pyridine rings is 2. The number of halogens is 5. The van der Waals surface area contributed by atoms with E-state index in [9.17, 15) is 31.9 Å². The molecule has 3 aromatic heterocycles. The number of thiocarbonyl (C=S) groups is 1. The van der Waals surface area contributed by atoms with Crippen LogP contribution in [0.25, 0.3) is 21.7 Å². The van der Waals surface area contributed by atoms with Crippen molar-refractivity contribution in [2.45, 2.75) is 50.3 Å². The number of Topliss-reactive ketones (excluding diaryl/α,β-unsaturated/α-hetero) is 1. The first-order chi connectivity index (χ1) is 29.8. The average Bonchev–Trinajstić information content (AvgIpc) is 3.73. The number of rotatable bonds is 9. The molecular formula is C44H45BrF4N6O5S2. The third-order valence-electron chi connectivity index (χ3n) is 9.92. The Kier molecular flexibility index (Phi) is 17.9. The van der Waals surface area contributed by atoms with Crippen molar-refractivity contribution in [3.63, 3.8) is 0 Å². The number of alkyl halides is 1. The van der Waals surface area contributed by atoms with Gasteiger partial charge in [-0.05, 0) is 112 Å². The van der Waals surface area contributed by atoms with Crippen LogP contribution >= 0.6 is 39.5 Å². The Labute approximate surface area is 374 Å². The van der Waals surface area contributed by atoms with Crippen LogP contribution in [0.2, 0.25) is 0 Å². The molecule has 62 heavy (non-hydrogen) atoms. The zero-order chi connectivity index (χ0) is 44.8. The number of carbonyl (C=O) groups excluding carboxylic acids is 3. The highest BCUT2D eigenvalue weighted by Gasteiger charge is 2.29. The molecule has 7 rings (SSSR count). The lowest BCUT2D eigenvalue weighted by molar-refractivity contribution is 0.0959. The second-order valence-corrected chi connectivity index (χ2v) is 16.5. The minimum atomic E-state index is -0.680. The Hall–Kier alpha value is -5.33. The maximum atomic E-state index is 13.8. The molecule has 2 aromatic carbocycles. The molecule has 2 aliphatic rings. The fourth-order valence-corrected chi connectivity index (χ4v) is 8.64. The predicted molar refractivity (Wildman–Crippen MR) is 236 cm³/mol. The molecule has 2 N–H and O–H groups in total. The van der Waals surface area contributed by atoms with Gasteiger partial charge in [0.15, 0.2) is 5.78 Å². The zero-order valence-corrected chi connectivity index (χ0v) is 37.2. The van der Waals surface area contributed by atoms with Crippen molar-refractivity contribution < 1.29 is 41.4 Å². The summed E-state index contributed by atoms with van der Waals surface area (Å²) in [6.07, 6.45) is 6.80. The SMILES string of the molecule is CCOC(=O)N1CCC(C(N)=S)CC1.CCOC(=O)N1CCC(c2nc(-c3ccc(F)cc3)c(-c3cncc(F)c3)s2)CC1.O=C(c1ccc(F)cc1)C(Br)c1ccnc(F)c1. The molecule has 2 saturated heterocycles. The molecule has 2 aliphatic heterocycles. The first kappa shape index (κ1) is 47.7. The Morgan fingerprint density at radius 2 is 1.37 bits per heavy atom. The molecule has 1 atom stereocenters. The van der Waals surface area contributed by atoms with Crippen molar-refractivity contribution in [1.29, 1.82) is 0 Å². The highest BCUT2D eigenvalue weighted by atomic mass is 79.9. The van der Waals surface area contributed by atoms with Crippen molar-refractivity contribution in [2.24, 2.45) is 11.7 Å². The molecule has 0 saturated carbocycles. The van der Waals surface area contributed by atoms with E-state index in [1.807, 2.05) is 0 Å². The zero-order valence-electron chi connectivity index (χ0n) is 33.9. The summed E-state index contributed by atoms with van der Waals surface area (Å²) in [7, 11) is 0. The molecule has 0 bridgehead atoms. The number of aromatic nitrogens is 3. The summed E-state index contributed by atoms with van der Waals surface area (Å²) in [6.45, 7) is 6.98. The van der Waals surface area contributed by atoms with Gasteiger partial charge in [-0.2, -0.15) is 4.39 Å². The van der Waals surface area contributed by atoms with Crippen LogP contribution in [0.1, 0.15) is 71.2 Å². The fraction of sp³-hybridized carbons (Fsp3) is 0.341. The van der Waals surface area contributed by atoms with Gasteiger partial charge >= 0.3 is 12.2 Å². The van der Waals surface area contributed by atoms with Crippen LogP contribution in [0, 0.1) is 29.3 Å². The van der Waals surface area contributed by atoms with Gasteiger partial charge in [0.1, 0.15) is 22.3 Å². The van der Waals surface area contributed by atoms with E-state index < -0.39 is 22.4 Å². The number of hydrogen-bond donors (Lipinski definition) is 1. The smallest absolute Gasteiger partial charge is 0.409 e. The van der Waals surface area contributed by atoms with E-state index in [-0.39, 0.29) is 35.6 Å². The molecule has 18 heteroatoms. The molecule has 2 fully saturated rings. The van der Waals surface area contributed by atoms with E-state index in [4.69, 9.17) is 32.4 Å². The minimum absolute atomic E-state index is 0.190. The van der Waals surface area contributed by atoms with Gasteiger partial charge in [0.25, 0.3) is 0 Å². The van der Waals surface area contributed by atoms with Crippen LogP contribution in [-0.4, -0.2) is 87.1 Å². The number of carbonyl (C=O) groups is 3. The van der Waals surface area contributed by atoms with Gasteiger partial charge in [0.2, 0.25) is 5.95 Å². The Balaban J connectivity index is 0.000000193. The molecule has 2 amide bonds. The molecule has 328 valence electrons. The standard InChI is InChI=1S/C22H21F2N3O2S.C13H8BrF2NO.C9H16N2O2S/c1-2-29-22(28)27-9-7-15(8-10-27)21-26-19(14-3-5-17(23)6-4-14)20(30-21)16-11-18(24)13-25-12-16;14-12(9-5-6-17-11(16)7-9)13(18)8-1-3-10(15)4-2-8;1-2-13-9(12)11-5-3-7(4-6-11)8(10)14/h3-6,11-13,15H,2,7-10H2,1H3;1-7,12H;7H,2-6H2,1H3,(H2,10,14). The number of likely N-dealkylation sites (tertiary alicyclic amines) is 2. The topological polar surface area (TPSA) is 141 Å². The maximum Gasteiger partial charge on any atom is 0.409 e. The molecule has 11 nitrogen and oxygen atoms in total. The number of amides is 2. The molecule has 1 unspecified atom stereocenters. The highest BCUT2D eigenvalue weighted by Crippen LogP contribution is 2.41. The van der Waals surface area contributed by atoms with Gasteiger partial charge in [-0.1, -0.05) is 28.1 Å². The van der Waals surface area contributed by atoms with Gasteiger partial charge in [-0.15, -0.1) is 11.3 Å². The second-order valence-electron chi connectivity index (χ2n) is 14.1. The van der Waals surface area contributed by atoms with Crippen LogP contribution in [0.5, 0.6) is 0 Å². The summed E-state index contributed by atoms with van der Waals surface area (Å²) in [4.78, 5) is 51.7. The third-order valence-corrected chi connectivity index (χ3v) is 12.5. The first-order valence-corrected chi connectivity index (χ1v) is 22.0. The number of benzene rings is 2. The first-order valence-electron chi connectivity index (χ1n) is 19.8. The van der Waals surface area contributed by atoms with E-state index >= 15 is 0 Å². The lowest BCUT2D eigenvalue weighted by Crippen LogP contribution is -2.41. The summed E-state index contributed by atoms with van der Waals surface area (Å²) >= 11 is 9.62. The van der Waals surface area contributed by atoms with Gasteiger partial charge in [0.05, 0.1) is 40.0 Å². The van der Waals surface area contributed by atoms with Crippen molar-refractivity contribution >= 4 is 62.4 Å². The summed E-state index contributed by atoms with van der Waals surface area (Å²) < 4.78 is 62.9. The average molecular weight is 958 g/mol. The number of ether oxygens (including phenoxy) is 2. The van der Waals surface area contributed by atoms with Gasteiger partial charge in [-0.25, -0.2) is 32.7 Å². The van der Waals surface area contributed by atoms with Gasteiger partial charge in [0, 0.05) is 67.1 Å². The molecule has 0 radical (unpaired) electrons. The summed E-state index contributed by atoms with van der Waals surface area (Å²) in [6, 6.07) is 15.5. The number of nitrogens with two attached hydrogens (primary N) is 1. The monoisotopic (exact) mass is 956 g/mol. The number of ketones is 1. The third kappa shape index (κ3) is 13.3.